The van der Waals surface area contributed by atoms with E-state index in [9.17, 15) is 0 Å². The highest BCUT2D eigenvalue weighted by Crippen LogP contribution is 2.19. The van der Waals surface area contributed by atoms with Crippen LogP contribution in [0.3, 0.4) is 0 Å². The lowest BCUT2D eigenvalue weighted by Gasteiger charge is -2.15. The second-order valence-corrected chi connectivity index (χ2v) is 3.90. The Labute approximate surface area is 105 Å². The van der Waals surface area contributed by atoms with Crippen molar-refractivity contribution in [3.63, 3.8) is 0 Å². The Hall–Kier alpha value is -2.05. The number of nitrogens with two attached hydrogens (primary N) is 1. The van der Waals surface area contributed by atoms with Gasteiger partial charge in [-0.25, -0.2) is 5.43 Å². The average molecular weight is 245 g/mol. The van der Waals surface area contributed by atoms with Crippen LogP contribution in [0.25, 0.3) is 0 Å². The lowest BCUT2D eigenvalue weighted by Crippen LogP contribution is -2.29. The van der Waals surface area contributed by atoms with Crippen molar-refractivity contribution in [3.8, 4) is 5.88 Å². The van der Waals surface area contributed by atoms with Crippen LogP contribution in [0.4, 0.5) is 0 Å². The van der Waals surface area contributed by atoms with Gasteiger partial charge in [-0.1, -0.05) is 6.07 Å². The molecule has 0 aromatic carbocycles. The minimum Gasteiger partial charge on any atom is -0.480 e. The summed E-state index contributed by atoms with van der Waals surface area (Å²) in [5.74, 6) is 6.05. The normalized spacial score (nSPS) is 12.2. The molecule has 2 heterocycles. The van der Waals surface area contributed by atoms with Gasteiger partial charge in [-0.2, -0.15) is 0 Å². The van der Waals surface area contributed by atoms with Crippen molar-refractivity contribution >= 4 is 0 Å². The number of rotatable bonds is 4. The third-order valence-electron chi connectivity index (χ3n) is 2.56. The van der Waals surface area contributed by atoms with Gasteiger partial charge in [0, 0.05) is 18.5 Å². The standard InChI is InChI=1S/C12H15N5O/c1-8-5-9(7-14-6-8)12(15-13)10-3-4-11(18-2)17-16-10/h3-7,12,15H,13H2,1-2H3. The van der Waals surface area contributed by atoms with Gasteiger partial charge in [0.2, 0.25) is 5.88 Å². The Bertz CT molecular complexity index is 514. The number of methoxy groups -OCH3 is 1. The number of aromatic nitrogens is 3. The van der Waals surface area contributed by atoms with Crippen molar-refractivity contribution in [2.75, 3.05) is 7.11 Å². The molecule has 2 rings (SSSR count). The fourth-order valence-electron chi connectivity index (χ4n) is 1.68. The Kier molecular flexibility index (Phi) is 3.81. The number of aryl methyl sites for hydroxylation is 1. The van der Waals surface area contributed by atoms with Gasteiger partial charge in [0.05, 0.1) is 18.8 Å². The summed E-state index contributed by atoms with van der Waals surface area (Å²) >= 11 is 0. The molecule has 0 aliphatic heterocycles. The van der Waals surface area contributed by atoms with Gasteiger partial charge in [-0.3, -0.25) is 10.8 Å². The highest BCUT2D eigenvalue weighted by Gasteiger charge is 2.15. The van der Waals surface area contributed by atoms with Gasteiger partial charge in [-0.15, -0.1) is 10.2 Å². The quantitative estimate of drug-likeness (QED) is 0.610. The van der Waals surface area contributed by atoms with E-state index in [0.29, 0.717) is 11.6 Å². The van der Waals surface area contributed by atoms with Gasteiger partial charge in [0.15, 0.2) is 0 Å². The molecule has 2 aromatic heterocycles. The zero-order chi connectivity index (χ0) is 13.0. The van der Waals surface area contributed by atoms with Crippen molar-refractivity contribution in [1.82, 2.24) is 20.6 Å². The van der Waals surface area contributed by atoms with Crippen LogP contribution in [0.2, 0.25) is 0 Å². The van der Waals surface area contributed by atoms with Crippen molar-refractivity contribution in [3.05, 3.63) is 47.4 Å². The molecule has 0 amide bonds. The number of ether oxygens (including phenoxy) is 1. The first kappa shape index (κ1) is 12.4. The van der Waals surface area contributed by atoms with Crippen LogP contribution in [0.5, 0.6) is 5.88 Å². The monoisotopic (exact) mass is 245 g/mol. The van der Waals surface area contributed by atoms with E-state index in [0.717, 1.165) is 11.1 Å². The second-order valence-electron chi connectivity index (χ2n) is 3.90. The van der Waals surface area contributed by atoms with Crippen molar-refractivity contribution in [2.24, 2.45) is 5.84 Å². The summed E-state index contributed by atoms with van der Waals surface area (Å²) in [6, 6.07) is 5.33. The molecule has 94 valence electrons. The summed E-state index contributed by atoms with van der Waals surface area (Å²) in [6.07, 6.45) is 3.54. The zero-order valence-corrected chi connectivity index (χ0v) is 10.3. The molecule has 1 atom stereocenters. The van der Waals surface area contributed by atoms with Gasteiger partial charge in [0.25, 0.3) is 0 Å². The van der Waals surface area contributed by atoms with Gasteiger partial charge >= 0.3 is 0 Å². The predicted molar refractivity (Wildman–Crippen MR) is 66.7 cm³/mol. The molecule has 0 radical (unpaired) electrons. The molecule has 6 heteroatoms. The number of hydrazine groups is 1. The smallest absolute Gasteiger partial charge is 0.233 e. The molecule has 3 N–H and O–H groups in total. The molecule has 0 fully saturated rings. The molecule has 1 unspecified atom stereocenters. The number of hydrogen-bond donors (Lipinski definition) is 2. The molecular weight excluding hydrogens is 230 g/mol. The van der Waals surface area contributed by atoms with Crippen LogP contribution in [0.15, 0.2) is 30.6 Å². The van der Waals surface area contributed by atoms with Gasteiger partial charge in [-0.05, 0) is 24.1 Å². The van der Waals surface area contributed by atoms with Gasteiger partial charge in [0.1, 0.15) is 0 Å². The maximum absolute atomic E-state index is 5.58. The van der Waals surface area contributed by atoms with E-state index in [1.807, 2.05) is 19.1 Å². The van der Waals surface area contributed by atoms with Crippen molar-refractivity contribution in [1.29, 1.82) is 0 Å². The highest BCUT2D eigenvalue weighted by molar-refractivity contribution is 5.28. The van der Waals surface area contributed by atoms with E-state index in [1.54, 1.807) is 25.6 Å². The molecule has 0 saturated heterocycles. The topological polar surface area (TPSA) is 86.0 Å². The van der Waals surface area contributed by atoms with E-state index in [-0.39, 0.29) is 6.04 Å². The first-order chi connectivity index (χ1) is 8.74. The minimum absolute atomic E-state index is 0.240. The van der Waals surface area contributed by atoms with E-state index in [1.165, 1.54) is 0 Å². The predicted octanol–water partition coefficient (Wildman–Crippen LogP) is 0.741. The van der Waals surface area contributed by atoms with E-state index in [4.69, 9.17) is 10.6 Å². The maximum atomic E-state index is 5.58. The van der Waals surface area contributed by atoms with Crippen molar-refractivity contribution in [2.45, 2.75) is 13.0 Å². The Morgan fingerprint density at radius 2 is 2.11 bits per heavy atom. The molecule has 0 aliphatic rings. The maximum Gasteiger partial charge on any atom is 0.233 e. The summed E-state index contributed by atoms with van der Waals surface area (Å²) in [5.41, 5.74) is 5.44. The van der Waals surface area contributed by atoms with Crippen LogP contribution < -0.4 is 16.0 Å². The average Bonchev–Trinajstić information content (AvgIpc) is 2.40. The summed E-state index contributed by atoms with van der Waals surface area (Å²) in [7, 11) is 1.55. The third-order valence-corrected chi connectivity index (χ3v) is 2.56. The molecule has 0 spiro atoms. The Balaban J connectivity index is 2.32. The first-order valence-electron chi connectivity index (χ1n) is 5.50. The number of hydrogen-bond acceptors (Lipinski definition) is 6. The largest absolute Gasteiger partial charge is 0.480 e. The summed E-state index contributed by atoms with van der Waals surface area (Å²) in [4.78, 5) is 4.14. The summed E-state index contributed by atoms with van der Waals surface area (Å²) in [6.45, 7) is 1.98. The summed E-state index contributed by atoms with van der Waals surface area (Å²) < 4.78 is 4.97. The number of nitrogens with one attached hydrogen (secondary N) is 1. The molecule has 18 heavy (non-hydrogen) atoms. The molecule has 0 aliphatic carbocycles. The van der Waals surface area contributed by atoms with E-state index >= 15 is 0 Å². The molecular formula is C12H15N5O. The Morgan fingerprint density at radius 1 is 1.28 bits per heavy atom. The first-order valence-corrected chi connectivity index (χ1v) is 5.50. The molecule has 2 aromatic rings. The van der Waals surface area contributed by atoms with Gasteiger partial charge < -0.3 is 4.74 Å². The number of pyridine rings is 1. The lowest BCUT2D eigenvalue weighted by molar-refractivity contribution is 0.390. The van der Waals surface area contributed by atoms with Crippen LogP contribution in [0.1, 0.15) is 22.9 Å². The van der Waals surface area contributed by atoms with E-state index in [2.05, 4.69) is 20.6 Å². The fourth-order valence-corrected chi connectivity index (χ4v) is 1.68. The third kappa shape index (κ3) is 2.61. The van der Waals surface area contributed by atoms with Crippen LogP contribution >= 0.6 is 0 Å². The lowest BCUT2D eigenvalue weighted by atomic mass is 10.0. The summed E-state index contributed by atoms with van der Waals surface area (Å²) in [5, 5.41) is 8.01. The molecule has 6 nitrogen and oxygen atoms in total. The molecule has 0 saturated carbocycles. The number of nitrogens with zero attached hydrogens (tertiary/aromatic N) is 3. The van der Waals surface area contributed by atoms with Crippen LogP contribution in [0, 0.1) is 6.92 Å². The van der Waals surface area contributed by atoms with Crippen LogP contribution in [-0.4, -0.2) is 22.3 Å². The van der Waals surface area contributed by atoms with Crippen LogP contribution in [-0.2, 0) is 0 Å². The second kappa shape index (κ2) is 5.52. The van der Waals surface area contributed by atoms with E-state index < -0.39 is 0 Å². The minimum atomic E-state index is -0.240. The zero-order valence-electron chi connectivity index (χ0n) is 10.3. The molecule has 0 bridgehead atoms. The Morgan fingerprint density at radius 3 is 2.67 bits per heavy atom. The SMILES string of the molecule is COc1ccc(C(NN)c2cncc(C)c2)nn1. The highest BCUT2D eigenvalue weighted by atomic mass is 16.5. The fraction of sp³-hybridized carbons (Fsp3) is 0.250. The van der Waals surface area contributed by atoms with Crippen molar-refractivity contribution < 1.29 is 4.74 Å².